The van der Waals surface area contributed by atoms with Crippen LogP contribution in [0.2, 0.25) is 0 Å². The molecule has 0 saturated carbocycles. The summed E-state index contributed by atoms with van der Waals surface area (Å²) >= 11 is 0. The predicted molar refractivity (Wildman–Crippen MR) is 72.9 cm³/mol. The van der Waals surface area contributed by atoms with E-state index >= 15 is 0 Å². The van der Waals surface area contributed by atoms with E-state index in [1.54, 1.807) is 0 Å². The molecular weight excluding hydrogens is 214 g/mol. The van der Waals surface area contributed by atoms with Crippen molar-refractivity contribution in [3.63, 3.8) is 0 Å². The molecule has 0 heterocycles. The molecule has 0 saturated heterocycles. The topological polar surface area (TPSA) is 58.4 Å². The fourth-order valence-electron chi connectivity index (χ4n) is 1.88. The number of primary amides is 1. The summed E-state index contributed by atoms with van der Waals surface area (Å²) in [7, 11) is 0. The van der Waals surface area contributed by atoms with Crippen LogP contribution in [-0.4, -0.2) is 42.5 Å². The number of rotatable bonds is 10. The Morgan fingerprint density at radius 2 is 1.94 bits per heavy atom. The second kappa shape index (κ2) is 8.48. The molecule has 4 heteroatoms. The van der Waals surface area contributed by atoms with Crippen LogP contribution >= 0.6 is 0 Å². The van der Waals surface area contributed by atoms with Crippen molar-refractivity contribution in [3.8, 4) is 0 Å². The normalized spacial score (nSPS) is 14.9. The lowest BCUT2D eigenvalue weighted by molar-refractivity contribution is -0.124. The molecule has 0 bridgehead atoms. The Hall–Kier alpha value is -0.610. The van der Waals surface area contributed by atoms with Gasteiger partial charge in [-0.3, -0.25) is 4.79 Å². The molecule has 0 aliphatic rings. The summed E-state index contributed by atoms with van der Waals surface area (Å²) in [5, 5.41) is 3.19. The van der Waals surface area contributed by atoms with Gasteiger partial charge in [-0.15, -0.1) is 0 Å². The average molecular weight is 243 g/mol. The summed E-state index contributed by atoms with van der Waals surface area (Å²) in [6.45, 7) is 12.1. The first-order chi connectivity index (χ1) is 8.00. The summed E-state index contributed by atoms with van der Waals surface area (Å²) in [6, 6.07) is 0. The monoisotopic (exact) mass is 243 g/mol. The standard InChI is InChI=1S/C13H29N3O/c1-5-8-10-16(7-3)11-9-13(4,12(14)17)15-6-2/h15H,5-11H2,1-4H3,(H2,14,17). The van der Waals surface area contributed by atoms with Crippen LogP contribution in [0.25, 0.3) is 0 Å². The number of carbonyl (C=O) groups excluding carboxylic acids is 1. The number of nitrogens with two attached hydrogens (primary N) is 1. The van der Waals surface area contributed by atoms with Crippen molar-refractivity contribution in [2.45, 2.75) is 52.5 Å². The van der Waals surface area contributed by atoms with E-state index < -0.39 is 5.54 Å². The molecule has 1 unspecified atom stereocenters. The predicted octanol–water partition coefficient (Wildman–Crippen LogP) is 1.35. The number of nitrogens with one attached hydrogen (secondary N) is 1. The molecule has 1 atom stereocenters. The second-order valence-corrected chi connectivity index (χ2v) is 4.76. The van der Waals surface area contributed by atoms with Gasteiger partial charge in [-0.1, -0.05) is 27.2 Å². The molecule has 3 N–H and O–H groups in total. The Kier molecular flexibility index (Phi) is 8.17. The molecule has 0 aromatic rings. The zero-order valence-electron chi connectivity index (χ0n) is 11.9. The van der Waals surface area contributed by atoms with E-state index in [1.165, 1.54) is 12.8 Å². The number of hydrogen-bond donors (Lipinski definition) is 2. The number of nitrogens with zero attached hydrogens (tertiary/aromatic N) is 1. The average Bonchev–Trinajstić information content (AvgIpc) is 2.29. The molecule has 0 aromatic carbocycles. The maximum Gasteiger partial charge on any atom is 0.237 e. The largest absolute Gasteiger partial charge is 0.368 e. The molecule has 0 aromatic heterocycles. The molecule has 0 aliphatic heterocycles. The number of unbranched alkanes of at least 4 members (excludes halogenated alkanes) is 1. The van der Waals surface area contributed by atoms with E-state index in [0.29, 0.717) is 0 Å². The number of carbonyl (C=O) groups is 1. The van der Waals surface area contributed by atoms with Gasteiger partial charge in [-0.05, 0) is 39.4 Å². The third-order valence-corrected chi connectivity index (χ3v) is 3.31. The smallest absolute Gasteiger partial charge is 0.237 e. The van der Waals surface area contributed by atoms with Gasteiger partial charge < -0.3 is 16.0 Å². The molecule has 0 spiro atoms. The fraction of sp³-hybridized carbons (Fsp3) is 0.923. The van der Waals surface area contributed by atoms with Gasteiger partial charge in [0.2, 0.25) is 5.91 Å². The summed E-state index contributed by atoms with van der Waals surface area (Å²) in [4.78, 5) is 13.8. The molecule has 0 rings (SSSR count). The maximum absolute atomic E-state index is 11.5. The molecule has 0 aliphatic carbocycles. The SMILES string of the molecule is CCCCN(CC)CCC(C)(NCC)C(N)=O. The van der Waals surface area contributed by atoms with E-state index in [-0.39, 0.29) is 5.91 Å². The number of amides is 1. The van der Waals surface area contributed by atoms with Gasteiger partial charge in [-0.25, -0.2) is 0 Å². The summed E-state index contributed by atoms with van der Waals surface area (Å²) in [5.74, 6) is -0.258. The highest BCUT2D eigenvalue weighted by Crippen LogP contribution is 2.10. The quantitative estimate of drug-likeness (QED) is 0.609. The molecule has 4 nitrogen and oxygen atoms in total. The lowest BCUT2D eigenvalue weighted by Crippen LogP contribution is -2.54. The zero-order chi connectivity index (χ0) is 13.3. The molecule has 0 fully saturated rings. The van der Waals surface area contributed by atoms with Crippen molar-refractivity contribution in [2.75, 3.05) is 26.2 Å². The second-order valence-electron chi connectivity index (χ2n) is 4.76. The van der Waals surface area contributed by atoms with Gasteiger partial charge in [0.1, 0.15) is 0 Å². The minimum Gasteiger partial charge on any atom is -0.368 e. The van der Waals surface area contributed by atoms with Crippen molar-refractivity contribution in [2.24, 2.45) is 5.73 Å². The highest BCUT2D eigenvalue weighted by Gasteiger charge is 2.29. The van der Waals surface area contributed by atoms with Crippen molar-refractivity contribution in [1.29, 1.82) is 0 Å². The van der Waals surface area contributed by atoms with Gasteiger partial charge in [-0.2, -0.15) is 0 Å². The highest BCUT2D eigenvalue weighted by molar-refractivity contribution is 5.84. The van der Waals surface area contributed by atoms with Crippen molar-refractivity contribution < 1.29 is 4.79 Å². The van der Waals surface area contributed by atoms with Gasteiger partial charge in [0.05, 0.1) is 5.54 Å². The number of likely N-dealkylation sites (N-methyl/N-ethyl adjacent to an activating group) is 1. The van der Waals surface area contributed by atoms with Crippen molar-refractivity contribution in [1.82, 2.24) is 10.2 Å². The van der Waals surface area contributed by atoms with Crippen LogP contribution < -0.4 is 11.1 Å². The van der Waals surface area contributed by atoms with Crippen molar-refractivity contribution >= 4 is 5.91 Å². The molecule has 1 amide bonds. The van der Waals surface area contributed by atoms with Crippen LogP contribution in [0, 0.1) is 0 Å². The molecule has 102 valence electrons. The summed E-state index contributed by atoms with van der Waals surface area (Å²) < 4.78 is 0. The zero-order valence-corrected chi connectivity index (χ0v) is 11.9. The van der Waals surface area contributed by atoms with E-state index in [0.717, 1.165) is 32.6 Å². The van der Waals surface area contributed by atoms with Gasteiger partial charge >= 0.3 is 0 Å². The van der Waals surface area contributed by atoms with Gasteiger partial charge in [0.15, 0.2) is 0 Å². The minimum absolute atomic E-state index is 0.258. The van der Waals surface area contributed by atoms with E-state index in [2.05, 4.69) is 24.1 Å². The van der Waals surface area contributed by atoms with E-state index in [1.807, 2.05) is 13.8 Å². The Morgan fingerprint density at radius 3 is 2.35 bits per heavy atom. The lowest BCUT2D eigenvalue weighted by atomic mass is 9.96. The first kappa shape index (κ1) is 16.4. The minimum atomic E-state index is -0.575. The highest BCUT2D eigenvalue weighted by atomic mass is 16.1. The van der Waals surface area contributed by atoms with Gasteiger partial charge in [0.25, 0.3) is 0 Å². The van der Waals surface area contributed by atoms with Crippen LogP contribution in [-0.2, 0) is 4.79 Å². The van der Waals surface area contributed by atoms with Crippen LogP contribution in [0.15, 0.2) is 0 Å². The Morgan fingerprint density at radius 1 is 1.29 bits per heavy atom. The summed E-state index contributed by atoms with van der Waals surface area (Å²) in [6.07, 6.45) is 3.19. The van der Waals surface area contributed by atoms with Crippen LogP contribution in [0.4, 0.5) is 0 Å². The van der Waals surface area contributed by atoms with E-state index in [4.69, 9.17) is 5.73 Å². The van der Waals surface area contributed by atoms with Crippen LogP contribution in [0.5, 0.6) is 0 Å². The first-order valence-corrected chi connectivity index (χ1v) is 6.77. The van der Waals surface area contributed by atoms with Crippen molar-refractivity contribution in [3.05, 3.63) is 0 Å². The fourth-order valence-corrected chi connectivity index (χ4v) is 1.88. The molecule has 0 radical (unpaired) electrons. The summed E-state index contributed by atoms with van der Waals surface area (Å²) in [5.41, 5.74) is 4.89. The lowest BCUT2D eigenvalue weighted by Gasteiger charge is -2.30. The number of hydrogen-bond acceptors (Lipinski definition) is 3. The van der Waals surface area contributed by atoms with Crippen LogP contribution in [0.3, 0.4) is 0 Å². The van der Waals surface area contributed by atoms with Crippen LogP contribution in [0.1, 0.15) is 47.0 Å². The third-order valence-electron chi connectivity index (χ3n) is 3.31. The Labute approximate surface area is 106 Å². The maximum atomic E-state index is 11.5. The Balaban J connectivity index is 4.22. The first-order valence-electron chi connectivity index (χ1n) is 6.77. The van der Waals surface area contributed by atoms with Gasteiger partial charge in [0, 0.05) is 6.54 Å². The third kappa shape index (κ3) is 6.03. The molecule has 17 heavy (non-hydrogen) atoms. The Bertz CT molecular complexity index is 221. The molecular formula is C13H29N3O. The van der Waals surface area contributed by atoms with E-state index in [9.17, 15) is 4.79 Å².